The van der Waals surface area contributed by atoms with Gasteiger partial charge < -0.3 is 14.9 Å². The molecule has 0 bridgehead atoms. The molecule has 116 valence electrons. The van der Waals surface area contributed by atoms with Gasteiger partial charge in [-0.3, -0.25) is 9.78 Å². The molecule has 2 rings (SSSR count). The number of aliphatic hydroxyl groups is 1. The van der Waals surface area contributed by atoms with E-state index in [2.05, 4.69) is 16.9 Å². The third kappa shape index (κ3) is 3.93. The van der Waals surface area contributed by atoms with Crippen molar-refractivity contribution >= 4 is 17.5 Å². The monoisotopic (exact) mass is 311 g/mol. The number of hydrogen-bond acceptors (Lipinski definition) is 4. The van der Waals surface area contributed by atoms with Crippen molar-refractivity contribution in [1.29, 1.82) is 0 Å². The fourth-order valence-electron chi connectivity index (χ4n) is 2.70. The summed E-state index contributed by atoms with van der Waals surface area (Å²) in [5.74, 6) is -0.142. The lowest BCUT2D eigenvalue weighted by Crippen LogP contribution is -2.47. The van der Waals surface area contributed by atoms with Gasteiger partial charge in [0.1, 0.15) is 0 Å². The number of aliphatic hydroxyl groups excluding tert-OH is 1. The fourth-order valence-corrected chi connectivity index (χ4v) is 2.99. The Balaban J connectivity index is 2.18. The Morgan fingerprint density at radius 2 is 2.19 bits per heavy atom. The van der Waals surface area contributed by atoms with Crippen LogP contribution in [0.15, 0.2) is 12.3 Å². The molecule has 1 saturated heterocycles. The first-order valence-electron chi connectivity index (χ1n) is 7.25. The Labute approximate surface area is 130 Å². The second kappa shape index (κ2) is 7.20. The zero-order valence-corrected chi connectivity index (χ0v) is 13.3. The van der Waals surface area contributed by atoms with Crippen LogP contribution in [0.1, 0.15) is 28.9 Å². The number of rotatable bonds is 4. The predicted octanol–water partition coefficient (Wildman–Crippen LogP) is 1.57. The lowest BCUT2D eigenvalue weighted by atomic mass is 10.0. The lowest BCUT2D eigenvalue weighted by molar-refractivity contribution is 0.0539. The van der Waals surface area contributed by atoms with Crippen LogP contribution < -0.4 is 0 Å². The average molecular weight is 312 g/mol. The molecule has 0 atom stereocenters. The van der Waals surface area contributed by atoms with E-state index >= 15 is 0 Å². The van der Waals surface area contributed by atoms with Gasteiger partial charge in [0, 0.05) is 24.5 Å². The van der Waals surface area contributed by atoms with Crippen molar-refractivity contribution < 1.29 is 9.90 Å². The molecule has 0 radical (unpaired) electrons. The van der Waals surface area contributed by atoms with E-state index in [1.165, 1.54) is 6.20 Å². The van der Waals surface area contributed by atoms with E-state index in [1.807, 2.05) is 6.92 Å². The molecule has 0 aliphatic carbocycles. The second-order valence-electron chi connectivity index (χ2n) is 5.56. The van der Waals surface area contributed by atoms with Gasteiger partial charge in [-0.05, 0) is 46.0 Å². The highest BCUT2D eigenvalue weighted by Gasteiger charge is 2.28. The fraction of sp³-hybridized carbons (Fsp3) is 0.600. The summed E-state index contributed by atoms with van der Waals surface area (Å²) in [5.41, 5.74) is 1.19. The number of halogens is 1. The van der Waals surface area contributed by atoms with Crippen LogP contribution in [0.5, 0.6) is 0 Å². The molecule has 0 spiro atoms. The van der Waals surface area contributed by atoms with Crippen molar-refractivity contribution in [3.63, 3.8) is 0 Å². The van der Waals surface area contributed by atoms with Crippen molar-refractivity contribution in [1.82, 2.24) is 14.8 Å². The Kier molecular flexibility index (Phi) is 5.56. The number of aryl methyl sites for hydroxylation is 1. The van der Waals surface area contributed by atoms with Gasteiger partial charge in [0.25, 0.3) is 5.91 Å². The molecule has 0 unspecified atom stereocenters. The minimum Gasteiger partial charge on any atom is -0.395 e. The van der Waals surface area contributed by atoms with Gasteiger partial charge in [-0.25, -0.2) is 0 Å². The first kappa shape index (κ1) is 16.2. The highest BCUT2D eigenvalue weighted by molar-refractivity contribution is 6.33. The SMILES string of the molecule is Cc1cc(Cl)c(C(=O)N(CCO)C2CCN(C)CC2)cn1. The number of hydrogen-bond donors (Lipinski definition) is 1. The van der Waals surface area contributed by atoms with Gasteiger partial charge in [-0.1, -0.05) is 11.6 Å². The maximum atomic E-state index is 12.7. The van der Waals surface area contributed by atoms with Gasteiger partial charge >= 0.3 is 0 Å². The number of piperidine rings is 1. The van der Waals surface area contributed by atoms with Gasteiger partial charge in [0.15, 0.2) is 0 Å². The van der Waals surface area contributed by atoms with Crippen LogP contribution >= 0.6 is 11.6 Å². The van der Waals surface area contributed by atoms with Crippen molar-refractivity contribution in [2.45, 2.75) is 25.8 Å². The summed E-state index contributed by atoms with van der Waals surface area (Å²) in [5, 5.41) is 9.70. The van der Waals surface area contributed by atoms with Crippen molar-refractivity contribution in [2.75, 3.05) is 33.3 Å². The summed E-state index contributed by atoms with van der Waals surface area (Å²) in [6.07, 6.45) is 3.36. The summed E-state index contributed by atoms with van der Waals surface area (Å²) in [7, 11) is 2.08. The van der Waals surface area contributed by atoms with Crippen LogP contribution in [0.3, 0.4) is 0 Å². The van der Waals surface area contributed by atoms with E-state index < -0.39 is 0 Å². The molecule has 1 aliphatic heterocycles. The molecular formula is C15H22ClN3O2. The van der Waals surface area contributed by atoms with Crippen LogP contribution in [0.4, 0.5) is 0 Å². The van der Waals surface area contributed by atoms with Gasteiger partial charge in [0.05, 0.1) is 17.2 Å². The molecule has 1 aliphatic rings. The van der Waals surface area contributed by atoms with Crippen molar-refractivity contribution in [3.8, 4) is 0 Å². The average Bonchev–Trinajstić information content (AvgIpc) is 2.45. The Morgan fingerprint density at radius 1 is 1.52 bits per heavy atom. The Bertz CT molecular complexity index is 502. The number of carbonyl (C=O) groups is 1. The van der Waals surface area contributed by atoms with E-state index in [1.54, 1.807) is 11.0 Å². The largest absolute Gasteiger partial charge is 0.395 e. The van der Waals surface area contributed by atoms with E-state index in [-0.39, 0.29) is 18.6 Å². The van der Waals surface area contributed by atoms with Crippen LogP contribution in [-0.4, -0.2) is 65.1 Å². The summed E-state index contributed by atoms with van der Waals surface area (Å²) < 4.78 is 0. The summed E-state index contributed by atoms with van der Waals surface area (Å²) in [6.45, 7) is 4.04. The number of nitrogens with zero attached hydrogens (tertiary/aromatic N) is 3. The molecular weight excluding hydrogens is 290 g/mol. The minimum atomic E-state index is -0.142. The van der Waals surface area contributed by atoms with Crippen molar-refractivity contribution in [2.24, 2.45) is 0 Å². The summed E-state index contributed by atoms with van der Waals surface area (Å²) in [6, 6.07) is 1.85. The quantitative estimate of drug-likeness (QED) is 0.917. The first-order chi connectivity index (χ1) is 10.0. The first-order valence-corrected chi connectivity index (χ1v) is 7.63. The van der Waals surface area contributed by atoms with Crippen LogP contribution in [-0.2, 0) is 0 Å². The highest BCUT2D eigenvalue weighted by atomic mass is 35.5. The number of pyridine rings is 1. The van der Waals surface area contributed by atoms with E-state index in [4.69, 9.17) is 11.6 Å². The molecule has 0 aromatic carbocycles. The zero-order chi connectivity index (χ0) is 15.4. The van der Waals surface area contributed by atoms with Crippen LogP contribution in [0, 0.1) is 6.92 Å². The van der Waals surface area contributed by atoms with Crippen LogP contribution in [0.2, 0.25) is 5.02 Å². The van der Waals surface area contributed by atoms with Crippen LogP contribution in [0.25, 0.3) is 0 Å². The zero-order valence-electron chi connectivity index (χ0n) is 12.5. The minimum absolute atomic E-state index is 0.0466. The standard InChI is InChI=1S/C15H22ClN3O2/c1-11-9-14(16)13(10-17-11)15(21)19(7-8-20)12-3-5-18(2)6-4-12/h9-10,12,20H,3-8H2,1-2H3. The van der Waals surface area contributed by atoms with E-state index in [0.717, 1.165) is 31.6 Å². The summed E-state index contributed by atoms with van der Waals surface area (Å²) in [4.78, 5) is 20.9. The number of aromatic nitrogens is 1. The van der Waals surface area contributed by atoms with Gasteiger partial charge in [-0.2, -0.15) is 0 Å². The molecule has 6 heteroatoms. The Morgan fingerprint density at radius 3 is 2.76 bits per heavy atom. The molecule has 1 aromatic heterocycles. The number of carbonyl (C=O) groups excluding carboxylic acids is 1. The molecule has 0 saturated carbocycles. The normalized spacial score (nSPS) is 17.0. The third-order valence-corrected chi connectivity index (χ3v) is 4.26. The van der Waals surface area contributed by atoms with Gasteiger partial charge in [0.2, 0.25) is 0 Å². The predicted molar refractivity (Wildman–Crippen MR) is 82.6 cm³/mol. The molecule has 1 aromatic rings. The highest BCUT2D eigenvalue weighted by Crippen LogP contribution is 2.22. The Hall–Kier alpha value is -1.17. The smallest absolute Gasteiger partial charge is 0.257 e. The number of amides is 1. The number of likely N-dealkylation sites (tertiary alicyclic amines) is 1. The molecule has 1 fully saturated rings. The maximum absolute atomic E-state index is 12.7. The topological polar surface area (TPSA) is 56.7 Å². The molecule has 21 heavy (non-hydrogen) atoms. The second-order valence-corrected chi connectivity index (χ2v) is 5.97. The molecule has 5 nitrogen and oxygen atoms in total. The van der Waals surface area contributed by atoms with E-state index in [0.29, 0.717) is 17.1 Å². The molecule has 2 heterocycles. The molecule has 1 N–H and O–H groups in total. The third-order valence-electron chi connectivity index (χ3n) is 3.95. The van der Waals surface area contributed by atoms with E-state index in [9.17, 15) is 9.90 Å². The summed E-state index contributed by atoms with van der Waals surface area (Å²) >= 11 is 6.17. The van der Waals surface area contributed by atoms with Crippen molar-refractivity contribution in [3.05, 3.63) is 28.5 Å². The lowest BCUT2D eigenvalue weighted by Gasteiger charge is -2.37. The maximum Gasteiger partial charge on any atom is 0.257 e. The van der Waals surface area contributed by atoms with Gasteiger partial charge in [-0.15, -0.1) is 0 Å². The molecule has 1 amide bonds.